The number of ether oxygens (including phenoxy) is 2. The average molecular weight is 334 g/mol. The largest absolute Gasteiger partial charge is 0.497 e. The number of benzene rings is 2. The first-order valence-corrected chi connectivity index (χ1v) is 7.67. The number of rotatable bonds is 6. The van der Waals surface area contributed by atoms with E-state index in [2.05, 4.69) is 5.32 Å². The Balaban J connectivity index is 2.28. The van der Waals surface area contributed by atoms with Crippen LogP contribution in [0.2, 0.25) is 5.02 Å². The quantitative estimate of drug-likeness (QED) is 0.800. The number of hydrogen-bond donors (Lipinski definition) is 1. The third-order valence-electron chi connectivity index (χ3n) is 3.71. The summed E-state index contributed by atoms with van der Waals surface area (Å²) >= 11 is 5.95. The van der Waals surface area contributed by atoms with Gasteiger partial charge in [0.25, 0.3) is 0 Å². The van der Waals surface area contributed by atoms with Crippen LogP contribution < -0.4 is 10.1 Å². The molecule has 2 rings (SSSR count). The fraction of sp³-hybridized carbons (Fsp3) is 0.278. The maximum absolute atomic E-state index is 12.0. The van der Waals surface area contributed by atoms with Gasteiger partial charge in [-0.25, -0.2) is 0 Å². The summed E-state index contributed by atoms with van der Waals surface area (Å²) in [5.41, 5.74) is 1.85. The molecule has 0 saturated carbocycles. The minimum absolute atomic E-state index is 0.229. The lowest BCUT2D eigenvalue weighted by Crippen LogP contribution is -2.26. The first kappa shape index (κ1) is 17.2. The van der Waals surface area contributed by atoms with Crippen molar-refractivity contribution in [3.63, 3.8) is 0 Å². The summed E-state index contributed by atoms with van der Waals surface area (Å²) in [6, 6.07) is 14.7. The van der Waals surface area contributed by atoms with E-state index in [-0.39, 0.29) is 17.9 Å². The molecule has 4 nitrogen and oxygen atoms in total. The van der Waals surface area contributed by atoms with E-state index in [4.69, 9.17) is 21.1 Å². The molecule has 0 unspecified atom stereocenters. The fourth-order valence-corrected chi connectivity index (χ4v) is 2.48. The van der Waals surface area contributed by atoms with Crippen LogP contribution in [0, 0.1) is 5.92 Å². The van der Waals surface area contributed by atoms with Crippen LogP contribution in [0.4, 0.5) is 5.69 Å². The molecule has 0 saturated heterocycles. The second-order valence-electron chi connectivity index (χ2n) is 5.21. The van der Waals surface area contributed by atoms with Crippen LogP contribution in [0.25, 0.3) is 0 Å². The summed E-state index contributed by atoms with van der Waals surface area (Å²) in [6.07, 6.45) is 0. The molecular formula is C18H20ClNO3. The molecule has 0 amide bonds. The molecule has 5 heteroatoms. The van der Waals surface area contributed by atoms with Crippen molar-refractivity contribution < 1.29 is 14.3 Å². The molecule has 0 heterocycles. The van der Waals surface area contributed by atoms with Crippen molar-refractivity contribution in [3.05, 3.63) is 59.1 Å². The van der Waals surface area contributed by atoms with Crippen LogP contribution in [-0.4, -0.2) is 20.2 Å². The van der Waals surface area contributed by atoms with E-state index >= 15 is 0 Å². The van der Waals surface area contributed by atoms with Gasteiger partial charge in [-0.15, -0.1) is 0 Å². The molecule has 122 valence electrons. The highest BCUT2D eigenvalue weighted by Gasteiger charge is 2.26. The molecular weight excluding hydrogens is 314 g/mol. The van der Waals surface area contributed by atoms with E-state index in [1.54, 1.807) is 7.11 Å². The van der Waals surface area contributed by atoms with Gasteiger partial charge in [0.2, 0.25) is 0 Å². The number of carbonyl (C=O) groups is 1. The molecule has 23 heavy (non-hydrogen) atoms. The third kappa shape index (κ3) is 4.39. The van der Waals surface area contributed by atoms with Crippen molar-refractivity contribution in [2.75, 3.05) is 19.5 Å². The van der Waals surface area contributed by atoms with Gasteiger partial charge in [0.05, 0.1) is 26.2 Å². The van der Waals surface area contributed by atoms with Crippen LogP contribution in [-0.2, 0) is 9.53 Å². The maximum atomic E-state index is 12.0. The van der Waals surface area contributed by atoms with Gasteiger partial charge in [-0.05, 0) is 48.9 Å². The number of esters is 1. The van der Waals surface area contributed by atoms with Crippen molar-refractivity contribution in [3.8, 4) is 5.75 Å². The monoisotopic (exact) mass is 333 g/mol. The molecule has 2 atom stereocenters. The standard InChI is InChI=1S/C18H20ClNO3/c1-12(18(21)23-3)17(13-4-6-14(19)7-5-13)20-15-8-10-16(22-2)11-9-15/h4-12,17,20H,1-3H3/t12-,17+/m1/s1. The van der Waals surface area contributed by atoms with Gasteiger partial charge in [-0.2, -0.15) is 0 Å². The Morgan fingerprint density at radius 2 is 1.65 bits per heavy atom. The highest BCUT2D eigenvalue weighted by molar-refractivity contribution is 6.30. The van der Waals surface area contributed by atoms with Gasteiger partial charge >= 0.3 is 5.97 Å². The second-order valence-corrected chi connectivity index (χ2v) is 5.65. The summed E-state index contributed by atoms with van der Waals surface area (Å²) in [4.78, 5) is 12.0. The molecule has 0 radical (unpaired) electrons. The minimum atomic E-state index is -0.358. The van der Waals surface area contributed by atoms with Gasteiger partial charge in [0.1, 0.15) is 5.75 Å². The number of hydrogen-bond acceptors (Lipinski definition) is 4. The number of nitrogens with one attached hydrogen (secondary N) is 1. The lowest BCUT2D eigenvalue weighted by molar-refractivity contribution is -0.145. The number of halogens is 1. The van der Waals surface area contributed by atoms with Crippen molar-refractivity contribution in [1.29, 1.82) is 0 Å². The van der Waals surface area contributed by atoms with Crippen molar-refractivity contribution in [2.24, 2.45) is 5.92 Å². The first-order chi connectivity index (χ1) is 11.0. The molecule has 0 fully saturated rings. The zero-order valence-corrected chi connectivity index (χ0v) is 14.1. The molecule has 0 aliphatic carbocycles. The number of carbonyl (C=O) groups excluding carboxylic acids is 1. The molecule has 1 N–H and O–H groups in total. The predicted molar refractivity (Wildman–Crippen MR) is 92.0 cm³/mol. The SMILES string of the molecule is COC(=O)[C@H](C)[C@H](Nc1ccc(OC)cc1)c1ccc(Cl)cc1. The highest BCUT2D eigenvalue weighted by atomic mass is 35.5. The molecule has 0 spiro atoms. The number of anilines is 1. The average Bonchev–Trinajstić information content (AvgIpc) is 2.59. The summed E-state index contributed by atoms with van der Waals surface area (Å²) in [5.74, 6) is 0.147. The van der Waals surface area contributed by atoms with Gasteiger partial charge in [0.15, 0.2) is 0 Å². The van der Waals surface area contributed by atoms with E-state index in [9.17, 15) is 4.79 Å². The van der Waals surface area contributed by atoms with Crippen molar-refractivity contribution in [2.45, 2.75) is 13.0 Å². The highest BCUT2D eigenvalue weighted by Crippen LogP contribution is 2.29. The molecule has 2 aromatic rings. The third-order valence-corrected chi connectivity index (χ3v) is 3.97. The van der Waals surface area contributed by atoms with E-state index in [0.29, 0.717) is 5.02 Å². The Labute approximate surface area is 141 Å². The Morgan fingerprint density at radius 1 is 1.04 bits per heavy atom. The fourth-order valence-electron chi connectivity index (χ4n) is 2.36. The molecule has 0 bridgehead atoms. The second kappa shape index (κ2) is 7.88. The maximum Gasteiger partial charge on any atom is 0.310 e. The van der Waals surface area contributed by atoms with Crippen LogP contribution in [0.1, 0.15) is 18.5 Å². The van der Waals surface area contributed by atoms with Crippen LogP contribution >= 0.6 is 11.6 Å². The molecule has 2 aromatic carbocycles. The van der Waals surface area contributed by atoms with Gasteiger partial charge < -0.3 is 14.8 Å². The zero-order valence-electron chi connectivity index (χ0n) is 13.4. The van der Waals surface area contributed by atoms with E-state index in [1.807, 2.05) is 55.5 Å². The van der Waals surface area contributed by atoms with Crippen molar-refractivity contribution in [1.82, 2.24) is 0 Å². The Morgan fingerprint density at radius 3 is 2.17 bits per heavy atom. The smallest absolute Gasteiger partial charge is 0.310 e. The van der Waals surface area contributed by atoms with Crippen LogP contribution in [0.15, 0.2) is 48.5 Å². The zero-order chi connectivity index (χ0) is 16.8. The molecule has 0 aromatic heterocycles. The normalized spacial score (nSPS) is 13.0. The summed E-state index contributed by atoms with van der Waals surface area (Å²) in [6.45, 7) is 1.83. The van der Waals surface area contributed by atoms with E-state index < -0.39 is 0 Å². The van der Waals surface area contributed by atoms with Gasteiger partial charge in [-0.3, -0.25) is 4.79 Å². The van der Waals surface area contributed by atoms with Gasteiger partial charge in [-0.1, -0.05) is 23.7 Å². The summed E-state index contributed by atoms with van der Waals surface area (Å²) in [5, 5.41) is 4.04. The lowest BCUT2D eigenvalue weighted by atomic mass is 9.94. The minimum Gasteiger partial charge on any atom is -0.497 e. The number of methoxy groups -OCH3 is 2. The molecule has 0 aliphatic heterocycles. The Kier molecular flexibility index (Phi) is 5.88. The summed E-state index contributed by atoms with van der Waals surface area (Å²) in [7, 11) is 3.02. The predicted octanol–water partition coefficient (Wildman–Crippen LogP) is 4.31. The lowest BCUT2D eigenvalue weighted by Gasteiger charge is -2.25. The molecule has 0 aliphatic rings. The van der Waals surface area contributed by atoms with Crippen molar-refractivity contribution >= 4 is 23.3 Å². The van der Waals surface area contributed by atoms with E-state index in [1.165, 1.54) is 7.11 Å². The van der Waals surface area contributed by atoms with Gasteiger partial charge in [0, 0.05) is 10.7 Å². The van der Waals surface area contributed by atoms with E-state index in [0.717, 1.165) is 17.0 Å². The Bertz CT molecular complexity index is 640. The van der Waals surface area contributed by atoms with Crippen LogP contribution in [0.3, 0.4) is 0 Å². The first-order valence-electron chi connectivity index (χ1n) is 7.29. The van der Waals surface area contributed by atoms with Crippen LogP contribution in [0.5, 0.6) is 5.75 Å². The summed E-state index contributed by atoms with van der Waals surface area (Å²) < 4.78 is 10.0. The Hall–Kier alpha value is -2.20. The topological polar surface area (TPSA) is 47.6 Å².